The van der Waals surface area contributed by atoms with Crippen molar-refractivity contribution in [2.45, 2.75) is 25.7 Å². The minimum absolute atomic E-state index is 0. The predicted octanol–water partition coefficient (Wildman–Crippen LogP) is 0.750. The number of nitrogens with zero attached hydrogens (tertiary/aromatic N) is 1. The molecule has 100 valence electrons. The Hall–Kier alpha value is 0.671. The Labute approximate surface area is 155 Å². The third-order valence-corrected chi connectivity index (χ3v) is 3.45. The van der Waals surface area contributed by atoms with E-state index in [4.69, 9.17) is 0 Å². The molecular formula is C13H18BF3KN. The second-order valence-electron chi connectivity index (χ2n) is 5.18. The molecule has 1 heterocycles. The summed E-state index contributed by atoms with van der Waals surface area (Å²) in [7, 11) is 0. The van der Waals surface area contributed by atoms with Gasteiger partial charge in [0, 0.05) is 6.54 Å². The zero-order chi connectivity index (χ0) is 13.0. The van der Waals surface area contributed by atoms with Crippen molar-refractivity contribution in [1.82, 2.24) is 4.90 Å². The van der Waals surface area contributed by atoms with Crippen molar-refractivity contribution in [2.24, 2.45) is 5.92 Å². The van der Waals surface area contributed by atoms with Gasteiger partial charge in [-0.15, -0.1) is 0 Å². The minimum Gasteiger partial charge on any atom is -0.449 e. The average Bonchev–Trinajstić information content (AvgIpc) is 2.28. The smallest absolute Gasteiger partial charge is 0.449 e. The molecule has 1 nitrogen and oxygen atoms in total. The van der Waals surface area contributed by atoms with E-state index < -0.39 is 13.3 Å². The maximum Gasteiger partial charge on any atom is 1.00 e. The number of hydrogen-bond donors (Lipinski definition) is 0. The molecule has 0 saturated carbocycles. The molecule has 1 saturated heterocycles. The maximum absolute atomic E-state index is 12.4. The average molecular weight is 295 g/mol. The van der Waals surface area contributed by atoms with Gasteiger partial charge in [0.05, 0.1) is 0 Å². The van der Waals surface area contributed by atoms with Gasteiger partial charge in [0.1, 0.15) is 0 Å². The van der Waals surface area contributed by atoms with E-state index in [-0.39, 0.29) is 57.3 Å². The first-order chi connectivity index (χ1) is 8.53. The number of benzene rings is 1. The number of hydrogen-bond acceptors (Lipinski definition) is 1. The molecule has 6 heteroatoms. The molecule has 1 unspecified atom stereocenters. The largest absolute Gasteiger partial charge is 1.00 e. The first-order valence-electron chi connectivity index (χ1n) is 6.50. The molecule has 0 amide bonds. The Morgan fingerprint density at radius 2 is 1.84 bits per heavy atom. The van der Waals surface area contributed by atoms with Gasteiger partial charge in [-0.05, 0) is 25.1 Å². The second-order valence-corrected chi connectivity index (χ2v) is 5.18. The van der Waals surface area contributed by atoms with Crippen LogP contribution in [0.2, 0.25) is 6.32 Å². The van der Waals surface area contributed by atoms with Gasteiger partial charge in [0.25, 0.3) is 0 Å². The van der Waals surface area contributed by atoms with Crippen molar-refractivity contribution in [3.63, 3.8) is 0 Å². The molecule has 1 aliphatic rings. The van der Waals surface area contributed by atoms with Gasteiger partial charge in [0.15, 0.2) is 0 Å². The fourth-order valence-corrected chi connectivity index (χ4v) is 2.71. The summed E-state index contributed by atoms with van der Waals surface area (Å²) in [6, 6.07) is 9.94. The van der Waals surface area contributed by atoms with Crippen molar-refractivity contribution in [3.8, 4) is 0 Å². The van der Waals surface area contributed by atoms with E-state index in [0.29, 0.717) is 13.0 Å². The molecule has 1 atom stereocenters. The Bertz CT molecular complexity index is 372. The Balaban J connectivity index is 0.00000180. The molecule has 1 aromatic rings. The van der Waals surface area contributed by atoms with Gasteiger partial charge >= 0.3 is 58.4 Å². The summed E-state index contributed by atoms with van der Waals surface area (Å²) in [5.74, 6) is -0.206. The van der Waals surface area contributed by atoms with E-state index in [1.54, 1.807) is 0 Å². The molecule has 0 radical (unpaired) electrons. The van der Waals surface area contributed by atoms with E-state index in [9.17, 15) is 12.9 Å². The molecule has 2 rings (SSSR count). The number of rotatable bonds is 4. The Kier molecular flexibility index (Phi) is 7.65. The molecule has 1 fully saturated rings. The van der Waals surface area contributed by atoms with Crippen LogP contribution in [0.15, 0.2) is 30.3 Å². The van der Waals surface area contributed by atoms with E-state index in [1.807, 2.05) is 30.3 Å². The van der Waals surface area contributed by atoms with Crippen LogP contribution in [0.3, 0.4) is 0 Å². The molecule has 0 bridgehead atoms. The van der Waals surface area contributed by atoms with Crippen LogP contribution in [0.5, 0.6) is 0 Å². The standard InChI is InChI=1S/C13H18BF3N.K/c15-14(16,17)9-13-7-4-8-18(11-13)10-12-5-2-1-3-6-12;/h1-3,5-6,13H,4,7-11H2;/q-1;+1. The van der Waals surface area contributed by atoms with Gasteiger partial charge in [-0.25, -0.2) is 0 Å². The maximum atomic E-state index is 12.4. The SMILES string of the molecule is F[B-](F)(F)CC1CCCN(Cc2ccccc2)C1.[K+]. The molecule has 0 spiro atoms. The van der Waals surface area contributed by atoms with Gasteiger partial charge in [-0.1, -0.05) is 49.0 Å². The van der Waals surface area contributed by atoms with Crippen LogP contribution in [0.1, 0.15) is 18.4 Å². The van der Waals surface area contributed by atoms with E-state index in [0.717, 1.165) is 19.5 Å². The molecule has 1 aromatic carbocycles. The van der Waals surface area contributed by atoms with Crippen LogP contribution in [0.25, 0.3) is 0 Å². The van der Waals surface area contributed by atoms with Crippen LogP contribution in [-0.4, -0.2) is 25.0 Å². The Morgan fingerprint density at radius 3 is 2.47 bits per heavy atom. The van der Waals surface area contributed by atoms with E-state index in [2.05, 4.69) is 4.90 Å². The molecule has 0 N–H and O–H groups in total. The van der Waals surface area contributed by atoms with E-state index in [1.165, 1.54) is 5.56 Å². The van der Waals surface area contributed by atoms with Crippen molar-refractivity contribution in [1.29, 1.82) is 0 Å². The van der Waals surface area contributed by atoms with Gasteiger partial charge in [-0.3, -0.25) is 4.90 Å². The fourth-order valence-electron chi connectivity index (χ4n) is 2.71. The predicted molar refractivity (Wildman–Crippen MR) is 68.3 cm³/mol. The van der Waals surface area contributed by atoms with E-state index >= 15 is 0 Å². The summed E-state index contributed by atoms with van der Waals surface area (Å²) in [6.07, 6.45) is 1.02. The van der Waals surface area contributed by atoms with Gasteiger partial charge < -0.3 is 12.9 Å². The third-order valence-electron chi connectivity index (χ3n) is 3.45. The molecule has 0 aliphatic carbocycles. The number of piperidine rings is 1. The van der Waals surface area contributed by atoms with Gasteiger partial charge in [0.2, 0.25) is 0 Å². The van der Waals surface area contributed by atoms with Crippen LogP contribution < -0.4 is 51.4 Å². The second kappa shape index (κ2) is 8.20. The quantitative estimate of drug-likeness (QED) is 0.741. The van der Waals surface area contributed by atoms with Gasteiger partial charge in [-0.2, -0.15) is 0 Å². The minimum atomic E-state index is -4.64. The summed E-state index contributed by atoms with van der Waals surface area (Å²) in [5.41, 5.74) is 1.18. The first kappa shape index (κ1) is 17.7. The normalized spacial score (nSPS) is 20.9. The topological polar surface area (TPSA) is 3.24 Å². The monoisotopic (exact) mass is 295 g/mol. The summed E-state index contributed by atoms with van der Waals surface area (Å²) in [4.78, 5) is 2.14. The molecule has 19 heavy (non-hydrogen) atoms. The fraction of sp³-hybridized carbons (Fsp3) is 0.538. The van der Waals surface area contributed by atoms with Crippen molar-refractivity contribution >= 4 is 6.98 Å². The van der Waals surface area contributed by atoms with Crippen LogP contribution in [-0.2, 0) is 6.54 Å². The zero-order valence-electron chi connectivity index (χ0n) is 11.4. The Morgan fingerprint density at radius 1 is 1.16 bits per heavy atom. The molecule has 0 aromatic heterocycles. The summed E-state index contributed by atoms with van der Waals surface area (Å²) < 4.78 is 37.3. The summed E-state index contributed by atoms with van der Waals surface area (Å²) >= 11 is 0. The molecule has 1 aliphatic heterocycles. The summed E-state index contributed by atoms with van der Waals surface area (Å²) in [6.45, 7) is -2.38. The summed E-state index contributed by atoms with van der Waals surface area (Å²) in [5, 5.41) is 0. The first-order valence-corrected chi connectivity index (χ1v) is 6.50. The van der Waals surface area contributed by atoms with Crippen LogP contribution >= 0.6 is 0 Å². The third kappa shape index (κ3) is 6.78. The molecular weight excluding hydrogens is 277 g/mol. The van der Waals surface area contributed by atoms with Crippen LogP contribution in [0, 0.1) is 5.92 Å². The van der Waals surface area contributed by atoms with Crippen molar-refractivity contribution in [3.05, 3.63) is 35.9 Å². The zero-order valence-corrected chi connectivity index (χ0v) is 14.5. The van der Waals surface area contributed by atoms with Crippen LogP contribution in [0.4, 0.5) is 12.9 Å². The van der Waals surface area contributed by atoms with Crippen molar-refractivity contribution in [2.75, 3.05) is 13.1 Å². The van der Waals surface area contributed by atoms with Crippen molar-refractivity contribution < 1.29 is 64.3 Å². The number of halogens is 3. The number of likely N-dealkylation sites (tertiary alicyclic amines) is 1.